The molecule has 0 aromatic heterocycles. The predicted molar refractivity (Wildman–Crippen MR) is 79.1 cm³/mol. The molecule has 112 valence electrons. The molecule has 3 atom stereocenters. The Balaban J connectivity index is 2.09. The molecule has 1 N–H and O–H groups in total. The van der Waals surface area contributed by atoms with E-state index >= 15 is 0 Å². The Morgan fingerprint density at radius 3 is 2.48 bits per heavy atom. The quantitative estimate of drug-likeness (QED) is 0.662. The Hall–Kier alpha value is -1.66. The van der Waals surface area contributed by atoms with Gasteiger partial charge in [0.25, 0.3) is 0 Å². The van der Waals surface area contributed by atoms with Gasteiger partial charge in [-0.1, -0.05) is 40.2 Å². The van der Waals surface area contributed by atoms with Crippen LogP contribution in [0.1, 0.15) is 16.8 Å². The zero-order chi connectivity index (χ0) is 15.4. The van der Waals surface area contributed by atoms with E-state index in [2.05, 4.69) is 20.7 Å². The fourth-order valence-corrected chi connectivity index (χ4v) is 2.88. The molecule has 0 heterocycles. The van der Waals surface area contributed by atoms with Crippen LogP contribution in [0.5, 0.6) is 0 Å². The maximum absolute atomic E-state index is 12.0. The van der Waals surface area contributed by atoms with Crippen LogP contribution in [0.25, 0.3) is 0 Å². The number of hydrogen-bond acceptors (Lipinski definition) is 5. The lowest BCUT2D eigenvalue weighted by atomic mass is 9.94. The highest BCUT2D eigenvalue weighted by molar-refractivity contribution is 9.09. The SMILES string of the molecule is COC(=O)C1=C[C@H](Br)[C@@H](OC(=O)c2ccccc2)[C@H](O)C1. The highest BCUT2D eigenvalue weighted by atomic mass is 79.9. The van der Waals surface area contributed by atoms with Gasteiger partial charge in [-0.2, -0.15) is 0 Å². The summed E-state index contributed by atoms with van der Waals surface area (Å²) >= 11 is 3.31. The number of aliphatic hydroxyl groups excluding tert-OH is 1. The Labute approximate surface area is 130 Å². The number of rotatable bonds is 3. The summed E-state index contributed by atoms with van der Waals surface area (Å²) < 4.78 is 9.96. The molecular weight excluding hydrogens is 340 g/mol. The standard InChI is InChI=1S/C15H15BrO5/c1-20-14(18)10-7-11(16)13(12(17)8-10)21-15(19)9-5-3-2-4-6-9/h2-7,11-13,17H,8H2,1H3/t11-,12+,13+/m0/s1. The highest BCUT2D eigenvalue weighted by Crippen LogP contribution is 2.28. The number of carbonyl (C=O) groups is 2. The molecule has 0 saturated heterocycles. The monoisotopic (exact) mass is 354 g/mol. The van der Waals surface area contributed by atoms with Crippen LogP contribution in [0, 0.1) is 0 Å². The van der Waals surface area contributed by atoms with Crippen molar-refractivity contribution in [2.24, 2.45) is 0 Å². The summed E-state index contributed by atoms with van der Waals surface area (Å²) in [4.78, 5) is 23.0. The first kappa shape index (κ1) is 15.7. The first-order valence-corrected chi connectivity index (χ1v) is 7.31. The van der Waals surface area contributed by atoms with Gasteiger partial charge in [0, 0.05) is 12.0 Å². The molecule has 0 spiro atoms. The van der Waals surface area contributed by atoms with Crippen LogP contribution in [0.4, 0.5) is 0 Å². The number of aliphatic hydroxyl groups is 1. The average molecular weight is 355 g/mol. The van der Waals surface area contributed by atoms with Crippen LogP contribution in [0.2, 0.25) is 0 Å². The molecule has 0 unspecified atom stereocenters. The number of alkyl halides is 1. The van der Waals surface area contributed by atoms with Crippen molar-refractivity contribution in [2.45, 2.75) is 23.5 Å². The molecule has 0 fully saturated rings. The molecule has 0 aliphatic heterocycles. The summed E-state index contributed by atoms with van der Waals surface area (Å²) in [6.45, 7) is 0. The molecule has 2 rings (SSSR count). The lowest BCUT2D eigenvalue weighted by Gasteiger charge is -2.30. The Morgan fingerprint density at radius 1 is 1.24 bits per heavy atom. The van der Waals surface area contributed by atoms with Crippen molar-refractivity contribution in [2.75, 3.05) is 7.11 Å². The third kappa shape index (κ3) is 3.71. The number of halogens is 1. The molecule has 1 aliphatic carbocycles. The van der Waals surface area contributed by atoms with Crippen LogP contribution in [0.15, 0.2) is 42.0 Å². The zero-order valence-corrected chi connectivity index (χ0v) is 12.9. The van der Waals surface area contributed by atoms with E-state index in [1.165, 1.54) is 7.11 Å². The predicted octanol–water partition coefficient (Wildman–Crippen LogP) is 1.84. The van der Waals surface area contributed by atoms with E-state index in [0.717, 1.165) is 0 Å². The summed E-state index contributed by atoms with van der Waals surface area (Å²) in [5.41, 5.74) is 0.769. The molecule has 5 nitrogen and oxygen atoms in total. The fourth-order valence-electron chi connectivity index (χ4n) is 2.10. The van der Waals surface area contributed by atoms with Crippen molar-refractivity contribution in [3.8, 4) is 0 Å². The van der Waals surface area contributed by atoms with E-state index in [4.69, 9.17) is 4.74 Å². The van der Waals surface area contributed by atoms with Gasteiger partial charge >= 0.3 is 11.9 Å². The summed E-state index contributed by atoms with van der Waals surface area (Å²) in [5, 5.41) is 10.1. The number of hydrogen-bond donors (Lipinski definition) is 1. The van der Waals surface area contributed by atoms with Crippen molar-refractivity contribution in [3.63, 3.8) is 0 Å². The minimum absolute atomic E-state index is 0.0848. The number of carbonyl (C=O) groups excluding carboxylic acids is 2. The van der Waals surface area contributed by atoms with Crippen molar-refractivity contribution in [1.29, 1.82) is 0 Å². The largest absolute Gasteiger partial charge is 0.466 e. The van der Waals surface area contributed by atoms with Crippen LogP contribution >= 0.6 is 15.9 Å². The Bertz CT molecular complexity index is 554. The van der Waals surface area contributed by atoms with E-state index in [0.29, 0.717) is 11.1 Å². The van der Waals surface area contributed by atoms with Crippen LogP contribution in [-0.4, -0.2) is 41.2 Å². The van der Waals surface area contributed by atoms with Crippen molar-refractivity contribution < 1.29 is 24.2 Å². The number of esters is 2. The molecule has 0 radical (unpaired) electrons. The van der Waals surface area contributed by atoms with Crippen molar-refractivity contribution in [3.05, 3.63) is 47.5 Å². The van der Waals surface area contributed by atoms with Gasteiger partial charge < -0.3 is 14.6 Å². The van der Waals surface area contributed by atoms with Crippen molar-refractivity contribution >= 4 is 27.9 Å². The molecule has 6 heteroatoms. The minimum atomic E-state index is -0.971. The maximum Gasteiger partial charge on any atom is 0.338 e. The second-order valence-corrected chi connectivity index (χ2v) is 5.69. The molecule has 1 aromatic carbocycles. The first-order chi connectivity index (χ1) is 10.0. The van der Waals surface area contributed by atoms with E-state index in [1.54, 1.807) is 36.4 Å². The molecule has 1 aromatic rings. The van der Waals surface area contributed by atoms with E-state index in [9.17, 15) is 14.7 Å². The van der Waals surface area contributed by atoms with Gasteiger partial charge in [-0.3, -0.25) is 0 Å². The third-order valence-electron chi connectivity index (χ3n) is 3.18. The van der Waals surface area contributed by atoms with Crippen LogP contribution < -0.4 is 0 Å². The lowest BCUT2D eigenvalue weighted by molar-refractivity contribution is -0.137. The number of methoxy groups -OCH3 is 1. The second kappa shape index (κ2) is 6.87. The van der Waals surface area contributed by atoms with Crippen LogP contribution in [0.3, 0.4) is 0 Å². The summed E-state index contributed by atoms with van der Waals surface area (Å²) in [5.74, 6) is -1.01. The second-order valence-electron chi connectivity index (χ2n) is 4.64. The average Bonchev–Trinajstić information content (AvgIpc) is 2.50. The molecule has 0 amide bonds. The van der Waals surface area contributed by atoms with Gasteiger partial charge in [0.1, 0.15) is 6.10 Å². The van der Waals surface area contributed by atoms with Crippen LogP contribution in [-0.2, 0) is 14.3 Å². The molecular formula is C15H15BrO5. The summed E-state index contributed by atoms with van der Waals surface area (Å²) in [6.07, 6.45) is -0.0459. The van der Waals surface area contributed by atoms with Gasteiger partial charge in [0.15, 0.2) is 0 Å². The Kier molecular flexibility index (Phi) is 5.14. The third-order valence-corrected chi connectivity index (χ3v) is 3.97. The zero-order valence-electron chi connectivity index (χ0n) is 11.4. The van der Waals surface area contributed by atoms with Gasteiger partial charge in [0.05, 0.1) is 23.6 Å². The lowest BCUT2D eigenvalue weighted by Crippen LogP contribution is -2.41. The molecule has 1 aliphatic rings. The molecule has 21 heavy (non-hydrogen) atoms. The van der Waals surface area contributed by atoms with Gasteiger partial charge in [-0.05, 0) is 12.1 Å². The highest BCUT2D eigenvalue weighted by Gasteiger charge is 2.36. The van der Waals surface area contributed by atoms with Gasteiger partial charge in [0.2, 0.25) is 0 Å². The molecule has 0 saturated carbocycles. The van der Waals surface area contributed by atoms with Gasteiger partial charge in [-0.25, -0.2) is 9.59 Å². The maximum atomic E-state index is 12.0. The van der Waals surface area contributed by atoms with Gasteiger partial charge in [-0.15, -0.1) is 0 Å². The summed E-state index contributed by atoms with van der Waals surface area (Å²) in [7, 11) is 1.28. The Morgan fingerprint density at radius 2 is 1.90 bits per heavy atom. The minimum Gasteiger partial charge on any atom is -0.466 e. The normalized spacial score (nSPS) is 24.9. The summed E-state index contributed by atoms with van der Waals surface area (Å²) in [6, 6.07) is 8.53. The topological polar surface area (TPSA) is 72.8 Å². The van der Waals surface area contributed by atoms with E-state index in [-0.39, 0.29) is 6.42 Å². The van der Waals surface area contributed by atoms with E-state index < -0.39 is 29.0 Å². The first-order valence-electron chi connectivity index (χ1n) is 6.40. The smallest absolute Gasteiger partial charge is 0.338 e. The van der Waals surface area contributed by atoms with Crippen molar-refractivity contribution in [1.82, 2.24) is 0 Å². The number of ether oxygens (including phenoxy) is 2. The molecule has 0 bridgehead atoms. The fraction of sp³-hybridized carbons (Fsp3) is 0.333. The number of benzene rings is 1. The van der Waals surface area contributed by atoms with E-state index in [1.807, 2.05) is 0 Å².